The first-order valence-electron chi connectivity index (χ1n) is 11.6. The van der Waals surface area contributed by atoms with E-state index in [0.717, 1.165) is 50.9 Å². The van der Waals surface area contributed by atoms with E-state index in [4.69, 9.17) is 10.7 Å². The first-order valence-corrected chi connectivity index (χ1v) is 11.6. The third-order valence-electron chi connectivity index (χ3n) is 6.36. The van der Waals surface area contributed by atoms with Crippen molar-refractivity contribution in [2.75, 3.05) is 32.7 Å². The van der Waals surface area contributed by atoms with E-state index in [9.17, 15) is 4.79 Å². The van der Waals surface area contributed by atoms with Gasteiger partial charge in [-0.15, -0.1) is 0 Å². The second-order valence-corrected chi connectivity index (χ2v) is 9.07. The smallest absolute Gasteiger partial charge is 0.217 e. The molecule has 6 heteroatoms. The van der Waals surface area contributed by atoms with Crippen LogP contribution in [0.2, 0.25) is 0 Å². The molecule has 0 spiro atoms. The normalized spacial score (nSPS) is 21.6. The topological polar surface area (TPSA) is 74.0 Å². The molecule has 0 aromatic heterocycles. The molecule has 1 amide bonds. The molecule has 0 radical (unpaired) electrons. The summed E-state index contributed by atoms with van der Waals surface area (Å²) in [5.41, 5.74) is 8.02. The summed E-state index contributed by atoms with van der Waals surface area (Å²) < 4.78 is 0. The highest BCUT2D eigenvalue weighted by molar-refractivity contribution is 5.80. The van der Waals surface area contributed by atoms with E-state index in [1.165, 1.54) is 37.1 Å². The van der Waals surface area contributed by atoms with Crippen LogP contribution in [0.5, 0.6) is 0 Å². The van der Waals surface area contributed by atoms with Crippen molar-refractivity contribution in [1.82, 2.24) is 15.1 Å². The van der Waals surface area contributed by atoms with E-state index in [2.05, 4.69) is 53.2 Å². The quantitative estimate of drug-likeness (QED) is 0.532. The van der Waals surface area contributed by atoms with E-state index < -0.39 is 0 Å². The SMILES string of the molecule is CCNC(=NCc1ccc(CN2CCC(C)CC2)cc1)N1CCCC(CC(N)=O)C1. The number of aliphatic imine (C=N–C) groups is 1. The highest BCUT2D eigenvalue weighted by atomic mass is 16.1. The number of amides is 1. The van der Waals surface area contributed by atoms with Crippen molar-refractivity contribution >= 4 is 11.9 Å². The number of likely N-dealkylation sites (tertiary alicyclic amines) is 2. The van der Waals surface area contributed by atoms with Crippen molar-refractivity contribution in [3.05, 3.63) is 35.4 Å². The summed E-state index contributed by atoms with van der Waals surface area (Å²) in [5.74, 6) is 1.94. The standard InChI is InChI=1S/C24H39N5O/c1-3-26-24(29-12-4-5-22(18-29)15-23(25)30)27-16-20-6-8-21(9-7-20)17-28-13-10-19(2)11-14-28/h6-9,19,22H,3-5,10-18H2,1-2H3,(H2,25,30)(H,26,27). The molecule has 1 aromatic carbocycles. The van der Waals surface area contributed by atoms with Crippen LogP contribution < -0.4 is 11.1 Å². The van der Waals surface area contributed by atoms with Crippen molar-refractivity contribution in [1.29, 1.82) is 0 Å². The highest BCUT2D eigenvalue weighted by Crippen LogP contribution is 2.20. The van der Waals surface area contributed by atoms with Gasteiger partial charge in [-0.25, -0.2) is 4.99 Å². The molecule has 1 unspecified atom stereocenters. The van der Waals surface area contributed by atoms with Crippen molar-refractivity contribution in [3.63, 3.8) is 0 Å². The Morgan fingerprint density at radius 1 is 1.13 bits per heavy atom. The summed E-state index contributed by atoms with van der Waals surface area (Å²) in [6, 6.07) is 8.92. The minimum atomic E-state index is -0.206. The van der Waals surface area contributed by atoms with Gasteiger partial charge in [-0.05, 0) is 68.7 Å². The molecule has 0 aliphatic carbocycles. The van der Waals surface area contributed by atoms with Crippen LogP contribution in [0.3, 0.4) is 0 Å². The number of nitrogens with zero attached hydrogens (tertiary/aromatic N) is 3. The predicted octanol–water partition coefficient (Wildman–Crippen LogP) is 2.97. The molecule has 30 heavy (non-hydrogen) atoms. The summed E-state index contributed by atoms with van der Waals surface area (Å²) in [6.45, 7) is 11.3. The van der Waals surface area contributed by atoms with Crippen LogP contribution in [-0.4, -0.2) is 54.4 Å². The largest absolute Gasteiger partial charge is 0.370 e. The van der Waals surface area contributed by atoms with E-state index in [-0.39, 0.29) is 5.91 Å². The van der Waals surface area contributed by atoms with E-state index in [0.29, 0.717) is 18.9 Å². The van der Waals surface area contributed by atoms with Gasteiger partial charge in [0, 0.05) is 32.6 Å². The first kappa shape index (κ1) is 22.6. The molecule has 2 fully saturated rings. The average Bonchev–Trinajstić information content (AvgIpc) is 2.73. The molecule has 3 rings (SSSR count). The Morgan fingerprint density at radius 3 is 2.50 bits per heavy atom. The zero-order valence-corrected chi connectivity index (χ0v) is 18.8. The lowest BCUT2D eigenvalue weighted by Gasteiger charge is -2.34. The number of nitrogens with one attached hydrogen (secondary N) is 1. The van der Waals surface area contributed by atoms with Gasteiger partial charge in [-0.3, -0.25) is 9.69 Å². The van der Waals surface area contributed by atoms with Crippen molar-refractivity contribution in [3.8, 4) is 0 Å². The van der Waals surface area contributed by atoms with Gasteiger partial charge < -0.3 is 16.0 Å². The Balaban J connectivity index is 1.55. The van der Waals surface area contributed by atoms with Gasteiger partial charge in [0.15, 0.2) is 5.96 Å². The fraction of sp³-hybridized carbons (Fsp3) is 0.667. The second kappa shape index (κ2) is 11.3. The van der Waals surface area contributed by atoms with Crippen molar-refractivity contribution < 1.29 is 4.79 Å². The summed E-state index contributed by atoms with van der Waals surface area (Å²) in [7, 11) is 0. The Labute approximate surface area is 181 Å². The Hall–Kier alpha value is -2.08. The van der Waals surface area contributed by atoms with Crippen molar-refractivity contribution in [2.24, 2.45) is 22.6 Å². The number of hydrogen-bond donors (Lipinski definition) is 2. The van der Waals surface area contributed by atoms with E-state index in [1.807, 2.05) is 0 Å². The zero-order valence-electron chi connectivity index (χ0n) is 18.8. The van der Waals surface area contributed by atoms with Crippen molar-refractivity contribution in [2.45, 2.75) is 59.0 Å². The number of piperidine rings is 2. The Bertz CT molecular complexity index is 694. The van der Waals surface area contributed by atoms with Gasteiger partial charge in [0.2, 0.25) is 5.91 Å². The predicted molar refractivity (Wildman–Crippen MR) is 123 cm³/mol. The minimum Gasteiger partial charge on any atom is -0.370 e. The number of nitrogens with two attached hydrogens (primary N) is 1. The third kappa shape index (κ3) is 7.01. The average molecular weight is 414 g/mol. The maximum absolute atomic E-state index is 11.3. The maximum atomic E-state index is 11.3. The van der Waals surface area contributed by atoms with Gasteiger partial charge in [-0.2, -0.15) is 0 Å². The summed E-state index contributed by atoms with van der Waals surface area (Å²) in [5, 5.41) is 3.42. The number of carbonyl (C=O) groups is 1. The molecule has 2 heterocycles. The molecule has 3 N–H and O–H groups in total. The third-order valence-corrected chi connectivity index (χ3v) is 6.36. The summed E-state index contributed by atoms with van der Waals surface area (Å²) in [6.07, 6.45) is 5.24. The Kier molecular flexibility index (Phi) is 8.55. The second-order valence-electron chi connectivity index (χ2n) is 9.07. The van der Waals surface area contributed by atoms with Gasteiger partial charge in [0.1, 0.15) is 0 Å². The number of hydrogen-bond acceptors (Lipinski definition) is 3. The lowest BCUT2D eigenvalue weighted by atomic mass is 9.95. The zero-order chi connectivity index (χ0) is 21.3. The lowest BCUT2D eigenvalue weighted by molar-refractivity contribution is -0.119. The highest BCUT2D eigenvalue weighted by Gasteiger charge is 2.23. The monoisotopic (exact) mass is 413 g/mol. The van der Waals surface area contributed by atoms with E-state index in [1.54, 1.807) is 0 Å². The fourth-order valence-corrected chi connectivity index (χ4v) is 4.53. The van der Waals surface area contributed by atoms with Gasteiger partial charge in [-0.1, -0.05) is 31.2 Å². The first-order chi connectivity index (χ1) is 14.5. The van der Waals surface area contributed by atoms with Crippen LogP contribution in [0, 0.1) is 11.8 Å². The van der Waals surface area contributed by atoms with Crippen LogP contribution in [0.4, 0.5) is 0 Å². The number of primary amides is 1. The fourth-order valence-electron chi connectivity index (χ4n) is 4.53. The van der Waals surface area contributed by atoms with Crippen LogP contribution >= 0.6 is 0 Å². The number of guanidine groups is 1. The van der Waals surface area contributed by atoms with Crippen LogP contribution in [0.15, 0.2) is 29.3 Å². The molecule has 1 aromatic rings. The maximum Gasteiger partial charge on any atom is 0.217 e. The molecule has 2 saturated heterocycles. The summed E-state index contributed by atoms with van der Waals surface area (Å²) >= 11 is 0. The lowest BCUT2D eigenvalue weighted by Crippen LogP contribution is -2.47. The van der Waals surface area contributed by atoms with Gasteiger partial charge in [0.05, 0.1) is 6.54 Å². The molecule has 2 aliphatic rings. The minimum absolute atomic E-state index is 0.206. The number of benzene rings is 1. The molecular formula is C24H39N5O. The number of carbonyl (C=O) groups excluding carboxylic acids is 1. The van der Waals surface area contributed by atoms with Gasteiger partial charge >= 0.3 is 0 Å². The van der Waals surface area contributed by atoms with Crippen LogP contribution in [0.1, 0.15) is 57.1 Å². The molecule has 0 bridgehead atoms. The molecule has 6 nitrogen and oxygen atoms in total. The van der Waals surface area contributed by atoms with E-state index >= 15 is 0 Å². The Morgan fingerprint density at radius 2 is 1.83 bits per heavy atom. The molecule has 0 saturated carbocycles. The molecule has 2 aliphatic heterocycles. The summed E-state index contributed by atoms with van der Waals surface area (Å²) in [4.78, 5) is 21.0. The molecular weight excluding hydrogens is 374 g/mol. The molecule has 166 valence electrons. The van der Waals surface area contributed by atoms with Crippen LogP contribution in [-0.2, 0) is 17.9 Å². The van der Waals surface area contributed by atoms with Gasteiger partial charge in [0.25, 0.3) is 0 Å². The number of rotatable bonds is 7. The van der Waals surface area contributed by atoms with Crippen LogP contribution in [0.25, 0.3) is 0 Å². The molecule has 1 atom stereocenters.